The molecule has 2 atom stereocenters. The van der Waals surface area contributed by atoms with Gasteiger partial charge in [0.05, 0.1) is 4.90 Å². The number of nitrogens with one attached hydrogen (secondary N) is 1. The van der Waals surface area contributed by atoms with Gasteiger partial charge in [-0.05, 0) is 49.9 Å². The van der Waals surface area contributed by atoms with Crippen molar-refractivity contribution < 1.29 is 8.42 Å². The van der Waals surface area contributed by atoms with Gasteiger partial charge in [0.1, 0.15) is 0 Å². The third-order valence-corrected chi connectivity index (χ3v) is 5.77. The molecule has 1 aromatic carbocycles. The fourth-order valence-corrected chi connectivity index (χ4v) is 4.19. The van der Waals surface area contributed by atoms with Crippen molar-refractivity contribution in [3.8, 4) is 0 Å². The monoisotopic (exact) mass is 295 g/mol. The lowest BCUT2D eigenvalue weighted by Gasteiger charge is -2.37. The molecule has 2 fully saturated rings. The third-order valence-electron chi connectivity index (χ3n) is 4.84. The van der Waals surface area contributed by atoms with Gasteiger partial charge in [-0.1, -0.05) is 0 Å². The summed E-state index contributed by atoms with van der Waals surface area (Å²) in [6.07, 6.45) is 0. The van der Waals surface area contributed by atoms with E-state index in [9.17, 15) is 8.42 Å². The second-order valence-electron chi connectivity index (χ2n) is 6.33. The number of hydrogen-bond acceptors (Lipinski definition) is 4. The van der Waals surface area contributed by atoms with Crippen LogP contribution in [0.15, 0.2) is 29.2 Å². The van der Waals surface area contributed by atoms with E-state index in [0.29, 0.717) is 11.8 Å². The van der Waals surface area contributed by atoms with Gasteiger partial charge >= 0.3 is 0 Å². The van der Waals surface area contributed by atoms with Crippen molar-refractivity contribution in [3.63, 3.8) is 0 Å². The Morgan fingerprint density at radius 3 is 2.45 bits per heavy atom. The first kappa shape index (κ1) is 13.9. The molecule has 0 amide bonds. The lowest BCUT2D eigenvalue weighted by molar-refractivity contribution is 0.357. The zero-order chi connectivity index (χ0) is 14.5. The maximum absolute atomic E-state index is 11.3. The van der Waals surface area contributed by atoms with Crippen LogP contribution in [0.2, 0.25) is 0 Å². The second-order valence-corrected chi connectivity index (χ2v) is 7.89. The van der Waals surface area contributed by atoms with E-state index >= 15 is 0 Å². The summed E-state index contributed by atoms with van der Waals surface area (Å²) in [6, 6.07) is 6.89. The molecule has 2 saturated heterocycles. The van der Waals surface area contributed by atoms with Crippen LogP contribution >= 0.6 is 0 Å². The van der Waals surface area contributed by atoms with E-state index in [-0.39, 0.29) is 10.4 Å². The molecule has 2 heterocycles. The maximum Gasteiger partial charge on any atom is 0.238 e. The molecular weight excluding hydrogens is 274 g/mol. The van der Waals surface area contributed by atoms with Gasteiger partial charge in [-0.2, -0.15) is 0 Å². The lowest BCUT2D eigenvalue weighted by Crippen LogP contribution is -2.44. The number of fused-ring (bicyclic) bond motifs is 1. The summed E-state index contributed by atoms with van der Waals surface area (Å²) in [7, 11) is -3.62. The van der Waals surface area contributed by atoms with Gasteiger partial charge in [-0.15, -0.1) is 0 Å². The van der Waals surface area contributed by atoms with Crippen molar-refractivity contribution >= 4 is 15.7 Å². The Morgan fingerprint density at radius 2 is 1.90 bits per heavy atom. The Bertz CT molecular complexity index is 610. The van der Waals surface area contributed by atoms with Crippen LogP contribution in [0.4, 0.5) is 5.69 Å². The molecule has 0 bridgehead atoms. The first-order chi connectivity index (χ1) is 9.30. The van der Waals surface area contributed by atoms with Crippen LogP contribution in [0.5, 0.6) is 0 Å². The number of rotatable bonds is 2. The molecule has 20 heavy (non-hydrogen) atoms. The van der Waals surface area contributed by atoms with Crippen molar-refractivity contribution in [2.24, 2.45) is 17.0 Å². The molecule has 0 spiro atoms. The average Bonchev–Trinajstić information content (AvgIpc) is 2.91. The molecule has 1 aromatic rings. The summed E-state index contributed by atoms with van der Waals surface area (Å²) < 4.78 is 22.6. The van der Waals surface area contributed by atoms with E-state index in [1.807, 2.05) is 12.1 Å². The lowest BCUT2D eigenvalue weighted by atomic mass is 9.85. The van der Waals surface area contributed by atoms with Crippen LogP contribution < -0.4 is 15.4 Å². The number of primary sulfonamides is 1. The number of sulfonamides is 1. The molecule has 0 aromatic heterocycles. The third kappa shape index (κ3) is 2.12. The van der Waals surface area contributed by atoms with Crippen LogP contribution in [0.3, 0.4) is 0 Å². The van der Waals surface area contributed by atoms with Crippen molar-refractivity contribution in [1.29, 1.82) is 0 Å². The van der Waals surface area contributed by atoms with Gasteiger partial charge in [-0.3, -0.25) is 0 Å². The highest BCUT2D eigenvalue weighted by molar-refractivity contribution is 7.89. The zero-order valence-corrected chi connectivity index (χ0v) is 12.7. The largest absolute Gasteiger partial charge is 0.366 e. The minimum atomic E-state index is -3.62. The van der Waals surface area contributed by atoms with Gasteiger partial charge in [0.25, 0.3) is 0 Å². The van der Waals surface area contributed by atoms with Crippen LogP contribution in [-0.4, -0.2) is 33.6 Å². The molecule has 3 rings (SSSR count). The average molecular weight is 295 g/mol. The van der Waals surface area contributed by atoms with Crippen molar-refractivity contribution in [3.05, 3.63) is 24.3 Å². The molecule has 2 aliphatic rings. The molecular formula is C14H21N3O2S. The fourth-order valence-electron chi connectivity index (χ4n) is 3.68. The summed E-state index contributed by atoms with van der Waals surface area (Å²) in [5.74, 6) is 1.31. The Labute approximate surface area is 120 Å². The molecule has 6 heteroatoms. The topological polar surface area (TPSA) is 75.4 Å². The van der Waals surface area contributed by atoms with Gasteiger partial charge in [0.15, 0.2) is 0 Å². The van der Waals surface area contributed by atoms with Gasteiger partial charge < -0.3 is 10.2 Å². The van der Waals surface area contributed by atoms with Crippen LogP contribution in [0.25, 0.3) is 0 Å². The molecule has 2 unspecified atom stereocenters. The number of nitrogens with zero attached hydrogens (tertiary/aromatic N) is 1. The molecule has 0 saturated carbocycles. The van der Waals surface area contributed by atoms with E-state index in [2.05, 4.69) is 24.1 Å². The highest BCUT2D eigenvalue weighted by Gasteiger charge is 2.49. The summed E-state index contributed by atoms with van der Waals surface area (Å²) in [6.45, 7) is 7.67. The number of hydrogen-bond donors (Lipinski definition) is 2. The van der Waals surface area contributed by atoms with Crippen LogP contribution in [-0.2, 0) is 10.0 Å². The SMILES string of the molecule is CC1(C)C2CNCC2CN1c1ccc(S(N)(=O)=O)cc1. The number of benzene rings is 1. The highest BCUT2D eigenvalue weighted by Crippen LogP contribution is 2.43. The van der Waals surface area contributed by atoms with E-state index in [1.165, 1.54) is 0 Å². The standard InChI is InChI=1S/C14H21N3O2S/c1-14(2)13-8-16-7-10(13)9-17(14)11-3-5-12(6-4-11)20(15,18)19/h3-6,10,13,16H,7-9H2,1-2H3,(H2,15,18,19). The molecule has 0 radical (unpaired) electrons. The van der Waals surface area contributed by atoms with Crippen LogP contribution in [0, 0.1) is 11.8 Å². The number of anilines is 1. The predicted octanol–water partition coefficient (Wildman–Crippen LogP) is 0.768. The molecule has 2 aliphatic heterocycles. The van der Waals surface area contributed by atoms with Gasteiger partial charge in [0, 0.05) is 30.9 Å². The van der Waals surface area contributed by atoms with Crippen molar-refractivity contribution in [2.45, 2.75) is 24.3 Å². The van der Waals surface area contributed by atoms with Gasteiger partial charge in [0.2, 0.25) is 10.0 Å². The Hall–Kier alpha value is -1.11. The molecule has 3 N–H and O–H groups in total. The van der Waals surface area contributed by atoms with E-state index in [1.54, 1.807) is 12.1 Å². The molecule has 5 nitrogen and oxygen atoms in total. The normalized spacial score (nSPS) is 28.6. The van der Waals surface area contributed by atoms with Gasteiger partial charge in [-0.25, -0.2) is 13.6 Å². The minimum absolute atomic E-state index is 0.0806. The van der Waals surface area contributed by atoms with E-state index in [4.69, 9.17) is 5.14 Å². The Kier molecular flexibility index (Phi) is 3.08. The Morgan fingerprint density at radius 1 is 1.25 bits per heavy atom. The predicted molar refractivity (Wildman–Crippen MR) is 79.1 cm³/mol. The van der Waals surface area contributed by atoms with E-state index < -0.39 is 10.0 Å². The highest BCUT2D eigenvalue weighted by atomic mass is 32.2. The first-order valence-electron chi connectivity index (χ1n) is 6.91. The number of nitrogens with two attached hydrogens (primary N) is 1. The fraction of sp³-hybridized carbons (Fsp3) is 0.571. The smallest absolute Gasteiger partial charge is 0.238 e. The first-order valence-corrected chi connectivity index (χ1v) is 8.46. The van der Waals surface area contributed by atoms with Crippen molar-refractivity contribution in [1.82, 2.24) is 5.32 Å². The van der Waals surface area contributed by atoms with Crippen molar-refractivity contribution in [2.75, 3.05) is 24.5 Å². The molecule has 0 aliphatic carbocycles. The quantitative estimate of drug-likeness (QED) is 0.845. The van der Waals surface area contributed by atoms with E-state index in [0.717, 1.165) is 25.3 Å². The van der Waals surface area contributed by atoms with Crippen LogP contribution in [0.1, 0.15) is 13.8 Å². The zero-order valence-electron chi connectivity index (χ0n) is 11.8. The summed E-state index contributed by atoms with van der Waals surface area (Å²) in [5.41, 5.74) is 1.15. The minimum Gasteiger partial charge on any atom is -0.366 e. The maximum atomic E-state index is 11.3. The second kappa shape index (κ2) is 4.44. The molecule has 110 valence electrons. The summed E-state index contributed by atoms with van der Waals surface area (Å²) in [5, 5.41) is 8.60. The summed E-state index contributed by atoms with van der Waals surface area (Å²) >= 11 is 0. The Balaban J connectivity index is 1.90. The summed E-state index contributed by atoms with van der Waals surface area (Å²) in [4.78, 5) is 2.55.